The second-order valence-electron chi connectivity index (χ2n) is 2.20. The molecule has 2 N–H and O–H groups in total. The van der Waals surface area contributed by atoms with Crippen molar-refractivity contribution < 1.29 is 0 Å². The summed E-state index contributed by atoms with van der Waals surface area (Å²) in [5, 5.41) is 4.03. The van der Waals surface area contributed by atoms with Gasteiger partial charge in [0.2, 0.25) is 0 Å². The van der Waals surface area contributed by atoms with Crippen molar-refractivity contribution in [2.75, 3.05) is 5.73 Å². The maximum Gasteiger partial charge on any atom is 0.185 e. The number of aromatic nitrogens is 2. The summed E-state index contributed by atoms with van der Waals surface area (Å²) in [7, 11) is 0. The Morgan fingerprint density at radius 2 is 2.18 bits per heavy atom. The van der Waals surface area contributed by atoms with Gasteiger partial charge >= 0.3 is 0 Å². The molecule has 5 nitrogen and oxygen atoms in total. The lowest BCUT2D eigenvalue weighted by Crippen LogP contribution is -2.00. The van der Waals surface area contributed by atoms with Gasteiger partial charge in [0.1, 0.15) is 12.2 Å². The quantitative estimate of drug-likeness (QED) is 0.576. The number of amidine groups is 1. The molecule has 0 unspecified atom stereocenters. The number of aliphatic imine (C=N–C) groups is 1. The number of hydrogen-bond acceptors (Lipinski definition) is 4. The second kappa shape index (κ2) is 1.91. The molecule has 1 aliphatic rings. The van der Waals surface area contributed by atoms with E-state index in [1.807, 2.05) is 0 Å². The third-order valence-corrected chi connectivity index (χ3v) is 1.37. The van der Waals surface area contributed by atoms with Crippen molar-refractivity contribution in [1.29, 1.82) is 0 Å². The van der Waals surface area contributed by atoms with Crippen LogP contribution in [0.3, 0.4) is 0 Å². The Bertz CT molecular complexity index is 330. The molecule has 0 aliphatic carbocycles. The molecular weight excluding hydrogens is 142 g/mol. The lowest BCUT2D eigenvalue weighted by molar-refractivity contribution is 1.12. The fourth-order valence-corrected chi connectivity index (χ4v) is 0.912. The molecule has 5 heteroatoms. The smallest absolute Gasteiger partial charge is 0.185 e. The van der Waals surface area contributed by atoms with E-state index in [4.69, 9.17) is 5.73 Å². The first-order valence-corrected chi connectivity index (χ1v) is 3.15. The first kappa shape index (κ1) is 6.09. The van der Waals surface area contributed by atoms with Gasteiger partial charge in [-0.25, -0.2) is 20.3 Å². The minimum atomic E-state index is 0.385. The van der Waals surface area contributed by atoms with E-state index in [1.165, 1.54) is 6.33 Å². The van der Waals surface area contributed by atoms with Gasteiger partial charge in [-0.15, -0.1) is 0 Å². The number of nitrogens with two attached hydrogens (primary N) is 1. The summed E-state index contributed by atoms with van der Waals surface area (Å²) in [6.45, 7) is 1.79. The van der Waals surface area contributed by atoms with Crippen molar-refractivity contribution >= 4 is 23.2 Å². The van der Waals surface area contributed by atoms with Crippen LogP contribution in [0.4, 0.5) is 17.3 Å². The lowest BCUT2D eigenvalue weighted by Gasteiger charge is -1.95. The van der Waals surface area contributed by atoms with Gasteiger partial charge in [-0.2, -0.15) is 0 Å². The predicted molar refractivity (Wildman–Crippen MR) is 41.0 cm³/mol. The number of rotatable bonds is 0. The van der Waals surface area contributed by atoms with Gasteiger partial charge in [0.25, 0.3) is 0 Å². The van der Waals surface area contributed by atoms with Crippen LogP contribution < -0.4 is 11.1 Å². The van der Waals surface area contributed by atoms with Crippen LogP contribution in [-0.2, 0) is 0 Å². The van der Waals surface area contributed by atoms with E-state index in [2.05, 4.69) is 20.3 Å². The van der Waals surface area contributed by atoms with Crippen LogP contribution in [0.2, 0.25) is 0 Å². The fraction of sp³-hybridized carbons (Fsp3) is 0.167. The van der Waals surface area contributed by atoms with E-state index in [0.29, 0.717) is 23.2 Å². The average Bonchev–Trinajstić information content (AvgIpc) is 2.31. The summed E-state index contributed by atoms with van der Waals surface area (Å²) in [5.74, 6) is 1.62. The van der Waals surface area contributed by atoms with Crippen LogP contribution in [0.5, 0.6) is 0 Å². The second-order valence-corrected chi connectivity index (χ2v) is 2.20. The molecule has 0 saturated carbocycles. The van der Waals surface area contributed by atoms with Crippen LogP contribution in [0.1, 0.15) is 6.92 Å². The first-order valence-electron chi connectivity index (χ1n) is 3.15. The molecule has 0 aromatic carbocycles. The van der Waals surface area contributed by atoms with Gasteiger partial charge in [-0.1, -0.05) is 0 Å². The van der Waals surface area contributed by atoms with E-state index < -0.39 is 0 Å². The summed E-state index contributed by atoms with van der Waals surface area (Å²) < 4.78 is 0. The van der Waals surface area contributed by atoms with Crippen molar-refractivity contribution in [3.63, 3.8) is 0 Å². The standard InChI is InChI=1S/C6H6N5/c1-3-10-4-5(7)8-2-9-6(4)11-3/h2H,1H3,(H2,7,8,9). The molecule has 0 amide bonds. The average molecular weight is 148 g/mol. The Kier molecular flexibility index (Phi) is 1.06. The Morgan fingerprint density at radius 3 is 2.91 bits per heavy atom. The van der Waals surface area contributed by atoms with Crippen molar-refractivity contribution in [2.45, 2.75) is 6.92 Å². The SMILES string of the molecule is CC1=Nc2c(N)ncnc2[N]1. The molecule has 2 rings (SSSR count). The molecular formula is C6H6N5. The molecule has 2 heterocycles. The van der Waals surface area contributed by atoms with Crippen LogP contribution in [0, 0.1) is 0 Å². The van der Waals surface area contributed by atoms with Crippen LogP contribution in [0.15, 0.2) is 11.3 Å². The predicted octanol–water partition coefficient (Wildman–Crippen LogP) is 0.358. The van der Waals surface area contributed by atoms with E-state index in [0.717, 1.165) is 0 Å². The zero-order chi connectivity index (χ0) is 7.84. The van der Waals surface area contributed by atoms with Crippen molar-refractivity contribution in [1.82, 2.24) is 15.3 Å². The van der Waals surface area contributed by atoms with Gasteiger partial charge in [0.15, 0.2) is 17.3 Å². The molecule has 0 saturated heterocycles. The summed E-state index contributed by atoms with van der Waals surface area (Å²) in [6, 6.07) is 0. The minimum absolute atomic E-state index is 0.385. The Labute approximate surface area is 63.4 Å². The lowest BCUT2D eigenvalue weighted by atomic mass is 10.4. The van der Waals surface area contributed by atoms with Gasteiger partial charge in [0, 0.05) is 0 Å². The summed E-state index contributed by atoms with van der Waals surface area (Å²) in [6.07, 6.45) is 1.38. The topological polar surface area (TPSA) is 78.3 Å². The molecule has 0 bridgehead atoms. The number of nitrogens with zero attached hydrogens (tertiary/aromatic N) is 4. The van der Waals surface area contributed by atoms with Crippen LogP contribution in [0.25, 0.3) is 0 Å². The highest BCUT2D eigenvalue weighted by molar-refractivity contribution is 5.95. The fourth-order valence-electron chi connectivity index (χ4n) is 0.912. The molecule has 1 radical (unpaired) electrons. The van der Waals surface area contributed by atoms with E-state index in [9.17, 15) is 0 Å². The molecule has 1 aromatic heterocycles. The highest BCUT2D eigenvalue weighted by Gasteiger charge is 2.16. The molecule has 1 aromatic rings. The van der Waals surface area contributed by atoms with Crippen LogP contribution in [-0.4, -0.2) is 15.8 Å². The third kappa shape index (κ3) is 0.813. The van der Waals surface area contributed by atoms with E-state index in [1.54, 1.807) is 6.92 Å². The summed E-state index contributed by atoms with van der Waals surface area (Å²) in [4.78, 5) is 11.7. The molecule has 0 atom stereocenters. The zero-order valence-electron chi connectivity index (χ0n) is 5.94. The minimum Gasteiger partial charge on any atom is -0.382 e. The number of anilines is 1. The van der Waals surface area contributed by atoms with Gasteiger partial charge in [0.05, 0.1) is 0 Å². The maximum atomic E-state index is 5.52. The highest BCUT2D eigenvalue weighted by Crippen LogP contribution is 2.31. The Morgan fingerprint density at radius 1 is 1.36 bits per heavy atom. The van der Waals surface area contributed by atoms with E-state index in [-0.39, 0.29) is 0 Å². The van der Waals surface area contributed by atoms with E-state index >= 15 is 0 Å². The first-order chi connectivity index (χ1) is 5.27. The number of hydrogen-bond donors (Lipinski definition) is 1. The zero-order valence-corrected chi connectivity index (χ0v) is 5.94. The maximum absolute atomic E-state index is 5.52. The Balaban J connectivity index is 2.61. The van der Waals surface area contributed by atoms with Crippen molar-refractivity contribution in [3.8, 4) is 0 Å². The molecule has 11 heavy (non-hydrogen) atoms. The van der Waals surface area contributed by atoms with Crippen LogP contribution >= 0.6 is 0 Å². The Hall–Kier alpha value is -1.65. The number of fused-ring (bicyclic) bond motifs is 1. The van der Waals surface area contributed by atoms with Gasteiger partial charge in [-0.3, -0.25) is 0 Å². The largest absolute Gasteiger partial charge is 0.382 e. The van der Waals surface area contributed by atoms with Crippen molar-refractivity contribution in [3.05, 3.63) is 6.33 Å². The molecule has 55 valence electrons. The molecule has 0 fully saturated rings. The molecule has 1 aliphatic heterocycles. The normalized spacial score (nSPS) is 13.7. The number of nitrogen functional groups attached to an aromatic ring is 1. The highest BCUT2D eigenvalue weighted by atomic mass is 15.2. The monoisotopic (exact) mass is 148 g/mol. The van der Waals surface area contributed by atoms with Gasteiger partial charge in [-0.05, 0) is 6.92 Å². The van der Waals surface area contributed by atoms with Crippen molar-refractivity contribution in [2.24, 2.45) is 4.99 Å². The summed E-state index contributed by atoms with van der Waals surface area (Å²) >= 11 is 0. The molecule has 0 spiro atoms. The summed E-state index contributed by atoms with van der Waals surface area (Å²) in [5.41, 5.74) is 6.10. The van der Waals surface area contributed by atoms with Gasteiger partial charge < -0.3 is 5.73 Å². The third-order valence-electron chi connectivity index (χ3n) is 1.37.